The van der Waals surface area contributed by atoms with E-state index in [9.17, 15) is 19.7 Å². The fraction of sp³-hybridized carbons (Fsp3) is 0.385. The van der Waals surface area contributed by atoms with Crippen LogP contribution in [0.15, 0.2) is 18.5 Å². The van der Waals surface area contributed by atoms with Gasteiger partial charge in [-0.15, -0.1) is 0 Å². The number of nitrogens with zero attached hydrogens (tertiary/aromatic N) is 5. The molecule has 2 heterocycles. The van der Waals surface area contributed by atoms with Gasteiger partial charge < -0.3 is 20.7 Å². The fourth-order valence-electron chi connectivity index (χ4n) is 1.96. The van der Waals surface area contributed by atoms with Crippen LogP contribution in [0.2, 0.25) is 0 Å². The molecule has 0 spiro atoms. The van der Waals surface area contributed by atoms with Crippen molar-refractivity contribution in [3.8, 4) is 0 Å². The average Bonchev–Trinajstić information content (AvgIpc) is 3.19. The lowest BCUT2D eigenvalue weighted by Crippen LogP contribution is -2.22. The van der Waals surface area contributed by atoms with Crippen molar-refractivity contribution in [2.75, 3.05) is 12.4 Å². The number of carbonyl (C=O) groups excluding carboxylic acids is 2. The highest BCUT2D eigenvalue weighted by Crippen LogP contribution is 2.14. The standard InChI is InChI=1S/C13H17N7O4/c1-3-18-8-9(12(17-18)13(22)14-2)15-11(21)5-7-19-6-4-10(16-19)20(23)24/h4,6,8H,3,5,7H2,1-2H3,(H,14,22)(H,15,21). The van der Waals surface area contributed by atoms with Crippen molar-refractivity contribution in [2.45, 2.75) is 26.4 Å². The molecule has 2 aromatic rings. The van der Waals surface area contributed by atoms with E-state index in [0.717, 1.165) is 0 Å². The predicted molar refractivity (Wildman–Crippen MR) is 83.4 cm³/mol. The van der Waals surface area contributed by atoms with Crippen LogP contribution in [0.25, 0.3) is 0 Å². The Morgan fingerprint density at radius 1 is 1.33 bits per heavy atom. The summed E-state index contributed by atoms with van der Waals surface area (Å²) in [5, 5.41) is 23.5. The first-order valence-corrected chi connectivity index (χ1v) is 7.21. The van der Waals surface area contributed by atoms with E-state index >= 15 is 0 Å². The summed E-state index contributed by atoms with van der Waals surface area (Å²) in [5.41, 5.74) is 0.440. The Bertz CT molecular complexity index is 764. The van der Waals surface area contributed by atoms with Gasteiger partial charge in [-0.3, -0.25) is 14.3 Å². The molecule has 0 radical (unpaired) electrons. The fourth-order valence-corrected chi connectivity index (χ4v) is 1.96. The molecule has 0 unspecified atom stereocenters. The summed E-state index contributed by atoms with van der Waals surface area (Å²) in [6.07, 6.45) is 3.04. The van der Waals surface area contributed by atoms with E-state index in [-0.39, 0.29) is 30.4 Å². The van der Waals surface area contributed by atoms with Gasteiger partial charge in [-0.1, -0.05) is 0 Å². The molecule has 11 heteroatoms. The number of amides is 2. The van der Waals surface area contributed by atoms with Crippen LogP contribution in [0.1, 0.15) is 23.8 Å². The number of nitro groups is 1. The molecule has 11 nitrogen and oxygen atoms in total. The summed E-state index contributed by atoms with van der Waals surface area (Å²) < 4.78 is 2.85. The highest BCUT2D eigenvalue weighted by Gasteiger charge is 2.18. The molecule has 0 aromatic carbocycles. The molecule has 0 aliphatic rings. The van der Waals surface area contributed by atoms with Gasteiger partial charge in [0.2, 0.25) is 5.91 Å². The summed E-state index contributed by atoms with van der Waals surface area (Å²) in [6, 6.07) is 1.26. The first-order valence-electron chi connectivity index (χ1n) is 7.21. The second-order valence-corrected chi connectivity index (χ2v) is 4.82. The normalized spacial score (nSPS) is 10.4. The first kappa shape index (κ1) is 17.1. The molecule has 24 heavy (non-hydrogen) atoms. The van der Waals surface area contributed by atoms with Gasteiger partial charge in [0.15, 0.2) is 5.69 Å². The minimum atomic E-state index is -0.606. The highest BCUT2D eigenvalue weighted by atomic mass is 16.6. The third kappa shape index (κ3) is 3.94. The van der Waals surface area contributed by atoms with Crippen molar-refractivity contribution in [2.24, 2.45) is 0 Å². The van der Waals surface area contributed by atoms with Crippen molar-refractivity contribution < 1.29 is 14.5 Å². The number of hydrogen-bond acceptors (Lipinski definition) is 6. The van der Waals surface area contributed by atoms with Crippen molar-refractivity contribution in [3.05, 3.63) is 34.3 Å². The van der Waals surface area contributed by atoms with Gasteiger partial charge in [0.1, 0.15) is 0 Å². The zero-order chi connectivity index (χ0) is 17.7. The van der Waals surface area contributed by atoms with Gasteiger partial charge in [-0.2, -0.15) is 9.78 Å². The van der Waals surface area contributed by atoms with Crippen LogP contribution in [0.4, 0.5) is 11.5 Å². The molecule has 0 saturated heterocycles. The second kappa shape index (κ2) is 7.35. The van der Waals surface area contributed by atoms with Gasteiger partial charge in [0.25, 0.3) is 5.91 Å². The molecular weight excluding hydrogens is 318 g/mol. The SMILES string of the molecule is CCn1cc(NC(=O)CCn2ccc([N+](=O)[O-])n2)c(C(=O)NC)n1. The maximum atomic E-state index is 12.0. The summed E-state index contributed by atoms with van der Waals surface area (Å²) >= 11 is 0. The Balaban J connectivity index is 2.00. The quantitative estimate of drug-likeness (QED) is 0.555. The van der Waals surface area contributed by atoms with Gasteiger partial charge in [-0.25, -0.2) is 0 Å². The van der Waals surface area contributed by atoms with Crippen LogP contribution in [0.3, 0.4) is 0 Å². The van der Waals surface area contributed by atoms with Crippen molar-refractivity contribution in [1.82, 2.24) is 24.9 Å². The molecule has 0 aliphatic heterocycles. The third-order valence-electron chi connectivity index (χ3n) is 3.18. The molecule has 0 bridgehead atoms. The van der Waals surface area contributed by atoms with Crippen LogP contribution >= 0.6 is 0 Å². The lowest BCUT2D eigenvalue weighted by molar-refractivity contribution is -0.389. The summed E-state index contributed by atoms with van der Waals surface area (Å²) in [4.78, 5) is 33.8. The van der Waals surface area contributed by atoms with Crippen LogP contribution in [0, 0.1) is 10.1 Å². The van der Waals surface area contributed by atoms with Crippen molar-refractivity contribution in [1.29, 1.82) is 0 Å². The van der Waals surface area contributed by atoms with Gasteiger partial charge >= 0.3 is 5.82 Å². The Labute approximate surface area is 136 Å². The zero-order valence-electron chi connectivity index (χ0n) is 13.2. The van der Waals surface area contributed by atoms with Gasteiger partial charge in [-0.05, 0) is 11.8 Å². The van der Waals surface area contributed by atoms with Crippen molar-refractivity contribution in [3.63, 3.8) is 0 Å². The number of rotatable bonds is 7. The summed E-state index contributed by atoms with van der Waals surface area (Å²) in [7, 11) is 1.48. The Kier molecular flexibility index (Phi) is 5.24. The number of carbonyl (C=O) groups is 2. The summed E-state index contributed by atoms with van der Waals surface area (Å²) in [5.74, 6) is -1.03. The molecule has 2 N–H and O–H groups in total. The van der Waals surface area contributed by atoms with E-state index in [2.05, 4.69) is 20.8 Å². The molecule has 0 fully saturated rings. The van der Waals surface area contributed by atoms with Crippen molar-refractivity contribution >= 4 is 23.3 Å². The number of anilines is 1. The van der Waals surface area contributed by atoms with E-state index in [1.165, 1.54) is 28.7 Å². The average molecular weight is 335 g/mol. The van der Waals surface area contributed by atoms with E-state index in [4.69, 9.17) is 0 Å². The molecule has 2 amide bonds. The minimum absolute atomic E-state index is 0.0450. The predicted octanol–water partition coefficient (Wildman–Crippen LogP) is 0.396. The molecule has 2 rings (SSSR count). The number of hydrogen-bond donors (Lipinski definition) is 2. The Morgan fingerprint density at radius 2 is 2.08 bits per heavy atom. The number of aryl methyl sites for hydroxylation is 2. The van der Waals surface area contributed by atoms with Crippen LogP contribution in [-0.4, -0.2) is 43.3 Å². The lowest BCUT2D eigenvalue weighted by Gasteiger charge is -2.04. The Morgan fingerprint density at radius 3 is 2.67 bits per heavy atom. The molecule has 2 aromatic heterocycles. The molecule has 0 atom stereocenters. The maximum Gasteiger partial charge on any atom is 0.389 e. The molecular formula is C13H17N7O4. The van der Waals surface area contributed by atoms with E-state index in [0.29, 0.717) is 12.2 Å². The zero-order valence-corrected chi connectivity index (χ0v) is 13.2. The van der Waals surface area contributed by atoms with Crippen LogP contribution in [0.5, 0.6) is 0 Å². The highest BCUT2D eigenvalue weighted by molar-refractivity contribution is 6.02. The topological polar surface area (TPSA) is 137 Å². The molecule has 0 saturated carbocycles. The number of nitrogens with one attached hydrogen (secondary N) is 2. The molecule has 128 valence electrons. The van der Waals surface area contributed by atoms with E-state index in [1.54, 1.807) is 6.20 Å². The van der Waals surface area contributed by atoms with E-state index < -0.39 is 10.8 Å². The Hall–Kier alpha value is -3.24. The first-order chi connectivity index (χ1) is 11.4. The second-order valence-electron chi connectivity index (χ2n) is 4.82. The smallest absolute Gasteiger partial charge is 0.358 e. The largest absolute Gasteiger partial charge is 0.389 e. The minimum Gasteiger partial charge on any atom is -0.358 e. The van der Waals surface area contributed by atoms with Crippen LogP contribution < -0.4 is 10.6 Å². The number of aromatic nitrogens is 4. The monoisotopic (exact) mass is 335 g/mol. The maximum absolute atomic E-state index is 12.0. The van der Waals surface area contributed by atoms with Crippen LogP contribution in [-0.2, 0) is 17.9 Å². The van der Waals surface area contributed by atoms with Gasteiger partial charge in [0, 0.05) is 26.2 Å². The third-order valence-corrected chi connectivity index (χ3v) is 3.18. The van der Waals surface area contributed by atoms with E-state index in [1.807, 2.05) is 6.92 Å². The molecule has 0 aliphatic carbocycles. The summed E-state index contributed by atoms with van der Waals surface area (Å²) in [6.45, 7) is 2.59. The lowest BCUT2D eigenvalue weighted by atomic mass is 10.3. The van der Waals surface area contributed by atoms with Gasteiger partial charge in [0.05, 0.1) is 29.6 Å².